The minimum atomic E-state index is -2.89. The maximum absolute atomic E-state index is 11.8. The Morgan fingerprint density at radius 1 is 0.266 bits per heavy atom. The second kappa shape index (κ2) is 25.5. The fourth-order valence-electron chi connectivity index (χ4n) is 8.37. The summed E-state index contributed by atoms with van der Waals surface area (Å²) in [5.74, 6) is 0.523. The molecule has 0 saturated heterocycles. The molecule has 0 aromatic carbocycles. The number of imidazole rings is 7. The fraction of sp³-hybridized carbons (Fsp3) is 0.327. The Kier molecular flexibility index (Phi) is 11.6. The molecule has 0 aliphatic heterocycles. The van der Waals surface area contributed by atoms with Crippen LogP contribution in [0.25, 0.3) is 78.1 Å². The van der Waals surface area contributed by atoms with Crippen LogP contribution < -0.4 is 78.7 Å². The Hall–Kier alpha value is -12.9. The van der Waals surface area contributed by atoms with Crippen molar-refractivity contribution in [1.29, 1.82) is 0 Å². The van der Waals surface area contributed by atoms with E-state index >= 15 is 0 Å². The van der Waals surface area contributed by atoms with Crippen LogP contribution in [0.15, 0.2) is 92.3 Å². The van der Waals surface area contributed by atoms with E-state index in [4.69, 9.17) is 30.2 Å². The summed E-state index contributed by atoms with van der Waals surface area (Å²) in [5.41, 5.74) is -11.9. The summed E-state index contributed by atoms with van der Waals surface area (Å²) < 4.78 is 174. The summed E-state index contributed by atoms with van der Waals surface area (Å²) in [6, 6.07) is 0. The number of aryl methyl sites for hydroxylation is 17. The van der Waals surface area contributed by atoms with Gasteiger partial charge >= 0.3 is 39.8 Å². The number of rotatable bonds is 0. The third-order valence-corrected chi connectivity index (χ3v) is 13.3. The number of nitrogens with one attached hydrogen (secondary N) is 7. The fourth-order valence-corrected chi connectivity index (χ4v) is 8.37. The highest BCUT2D eigenvalue weighted by Gasteiger charge is 2.16. The molecule has 0 aliphatic carbocycles. The molecule has 0 amide bonds. The quantitative estimate of drug-likeness (QED) is 0.0742. The number of fused-ring (bicyclic) bond motifs is 7. The van der Waals surface area contributed by atoms with E-state index in [2.05, 4.69) is 44.9 Å². The minimum Gasteiger partial charge on any atom is -0.328 e. The van der Waals surface area contributed by atoms with Gasteiger partial charge in [-0.3, -0.25) is 100 Å². The zero-order valence-corrected chi connectivity index (χ0v) is 50.1. The SMILES string of the molecule is [2H]C([2H])([2H])n1c(=O)[nH]c(=O)c2c1nc(C)n2C.[2H]C([2H])([2H])n1c(C)nc2c1c(=O)[nH]c(=O)n2C.[2H]C([2H])([2H])n1c(C)nc2c1c(=O)[nH]c(=O)n2C([2H])([2H])[2H].[2H]c1nc2c(c(=O)[nH]c(=O)n2C([2H])([2H])[2H])n1C.[2H]c1nc2c(c(=O)[nH]c(=O)n2C([2H])([2H])[2H])n1C.[2H]c1nc2c(c(=O)[nH]c(=O)n2C)n1C.[2H]c1nc2c(c(=O)[nH]c(=O)n2C)n1C. The normalized spacial score (nSPS) is 15.2. The third-order valence-electron chi connectivity index (χ3n) is 13.3. The average Bonchev–Trinajstić information content (AvgIpc) is 1.56. The van der Waals surface area contributed by atoms with Gasteiger partial charge in [0, 0.05) is 123 Å². The molecule has 14 aromatic rings. The molecule has 42 heteroatoms. The molecule has 42 nitrogen and oxygen atoms in total. The smallest absolute Gasteiger partial charge is 0.328 e. The van der Waals surface area contributed by atoms with Crippen molar-refractivity contribution in [3.63, 3.8) is 0 Å². The van der Waals surface area contributed by atoms with Crippen molar-refractivity contribution in [3.8, 4) is 0 Å². The van der Waals surface area contributed by atoms with Crippen molar-refractivity contribution in [1.82, 2.24) is 134 Å². The lowest BCUT2D eigenvalue weighted by atomic mass is 10.5. The lowest BCUT2D eigenvalue weighted by Crippen LogP contribution is -2.29. The van der Waals surface area contributed by atoms with Crippen LogP contribution in [0.1, 0.15) is 47.6 Å². The Morgan fingerprint density at radius 3 is 0.702 bits per heavy atom. The number of hydrogen-bond donors (Lipinski definition) is 7. The first-order valence-corrected chi connectivity index (χ1v) is 25.7. The summed E-state index contributed by atoms with van der Waals surface area (Å²) >= 11 is 0. The summed E-state index contributed by atoms with van der Waals surface area (Å²) in [4.78, 5) is 201. The van der Waals surface area contributed by atoms with Gasteiger partial charge in [0.2, 0.25) is 0 Å². The van der Waals surface area contributed by atoms with Gasteiger partial charge in [-0.2, -0.15) is 0 Å². The summed E-state index contributed by atoms with van der Waals surface area (Å²) in [6.45, 7) is -11.9. The Labute approximate surface area is 549 Å². The molecule has 0 spiro atoms. The van der Waals surface area contributed by atoms with Crippen molar-refractivity contribution in [2.75, 3.05) is 0 Å². The number of nitrogens with zero attached hydrogens (tertiary/aromatic N) is 21. The molecule has 0 aliphatic rings. The highest BCUT2D eigenvalue weighted by molar-refractivity contribution is 5.74. The van der Waals surface area contributed by atoms with Crippen LogP contribution >= 0.6 is 0 Å². The zero-order chi connectivity index (χ0) is 88.2. The molecule has 14 heterocycles. The highest BCUT2D eigenvalue weighted by atomic mass is 16.2. The predicted octanol–water partition coefficient (Wildman–Crippen LogP) is -6.35. The molecule has 0 bridgehead atoms. The van der Waals surface area contributed by atoms with Crippen LogP contribution in [0.4, 0.5) is 0 Å². The van der Waals surface area contributed by atoms with E-state index in [0.717, 1.165) is 18.3 Å². The first-order chi connectivity index (χ1) is 52.9. The topological polar surface area (TPSA) is 509 Å². The lowest BCUT2D eigenvalue weighted by Gasteiger charge is -1.97. The Bertz CT molecular complexity index is 6860. The van der Waals surface area contributed by atoms with Gasteiger partial charge in [-0.25, -0.2) is 68.4 Å². The van der Waals surface area contributed by atoms with Crippen molar-refractivity contribution < 1.29 is 30.2 Å². The highest BCUT2D eigenvalue weighted by Crippen LogP contribution is 2.10. The van der Waals surface area contributed by atoms with Gasteiger partial charge < -0.3 is 32.0 Å². The number of aromatic nitrogens is 28. The van der Waals surface area contributed by atoms with Crippen LogP contribution in [0.3, 0.4) is 0 Å². The first kappa shape index (κ1) is 42.9. The number of H-pyrrole nitrogens is 7. The molecule has 0 radical (unpaired) electrons. The van der Waals surface area contributed by atoms with Gasteiger partial charge in [0.05, 0.1) is 25.2 Å². The molecule has 94 heavy (non-hydrogen) atoms. The lowest BCUT2D eigenvalue weighted by molar-refractivity contribution is 0.829. The van der Waals surface area contributed by atoms with E-state index in [1.165, 1.54) is 71.9 Å². The monoisotopic (exact) mass is 1320 g/mol. The summed E-state index contributed by atoms with van der Waals surface area (Å²) in [7, 11) is 11.9. The second-order valence-corrected chi connectivity index (χ2v) is 19.3. The van der Waals surface area contributed by atoms with Crippen LogP contribution in [0, 0.1) is 20.8 Å². The van der Waals surface area contributed by atoms with Gasteiger partial charge in [0.1, 0.15) is 23.0 Å². The predicted molar refractivity (Wildman–Crippen MR) is 340 cm³/mol. The van der Waals surface area contributed by atoms with Crippen LogP contribution in [0.5, 0.6) is 0 Å². The van der Waals surface area contributed by atoms with Gasteiger partial charge in [-0.1, -0.05) is 0 Å². The Balaban J connectivity index is 0.000000169. The largest absolute Gasteiger partial charge is 0.329 e. The molecule has 0 fully saturated rings. The average molecular weight is 1330 g/mol. The van der Waals surface area contributed by atoms with Crippen molar-refractivity contribution in [3.05, 3.63) is 189 Å². The minimum absolute atomic E-state index is 0.0494. The number of aromatic amines is 7. The second-order valence-electron chi connectivity index (χ2n) is 19.3. The van der Waals surface area contributed by atoms with Gasteiger partial charge in [-0.15, -0.1) is 0 Å². The van der Waals surface area contributed by atoms with Gasteiger partial charge in [0.15, 0.2) is 78.1 Å². The molecule has 494 valence electrons. The van der Waals surface area contributed by atoms with Crippen molar-refractivity contribution in [2.45, 2.75) is 20.8 Å². The van der Waals surface area contributed by atoms with Crippen LogP contribution in [-0.2, 0) is 98.2 Å². The molecule has 0 unspecified atom stereocenters. The molecule has 0 atom stereocenters. The molecule has 0 saturated carbocycles. The van der Waals surface area contributed by atoms with E-state index in [9.17, 15) is 67.1 Å². The number of hydrogen-bond acceptors (Lipinski definition) is 21. The summed E-state index contributed by atoms with van der Waals surface area (Å²) in [6.07, 6.45) is -0.693. The molecular formula is C52H62N28O14. The summed E-state index contributed by atoms with van der Waals surface area (Å²) in [5, 5.41) is 0. The van der Waals surface area contributed by atoms with Crippen LogP contribution in [0.2, 0.25) is 0 Å². The van der Waals surface area contributed by atoms with E-state index in [1.54, 1.807) is 33.1 Å². The van der Waals surface area contributed by atoms with E-state index in [0.29, 0.717) is 28.7 Å². The van der Waals surface area contributed by atoms with Crippen molar-refractivity contribution >= 4 is 78.1 Å². The van der Waals surface area contributed by atoms with Crippen LogP contribution in [-0.4, -0.2) is 134 Å². The van der Waals surface area contributed by atoms with E-state index < -0.39 is 132 Å². The van der Waals surface area contributed by atoms with Gasteiger partial charge in [0.25, 0.3) is 38.9 Å². The third kappa shape index (κ3) is 12.2. The first-order valence-electron chi connectivity index (χ1n) is 36.7. The maximum Gasteiger partial charge on any atom is 0.329 e. The van der Waals surface area contributed by atoms with Crippen molar-refractivity contribution in [2.24, 2.45) is 98.2 Å². The van der Waals surface area contributed by atoms with Gasteiger partial charge in [-0.05, 0) is 20.8 Å². The standard InChI is InChI=1S/3C8H10N4O2.4C7H8N4O2/c3*1-4-9-6-5(11(4)2)7(13)10-8(14)12(6)3;4*1-10-3-8-5-4(10)6(12)9-7(13)11(5)2/h3*1-3H3,(H,10,13,14);4*3H,1-2H3,(H,9,12,13)/i2D3,3D3;3D3;2D3;2*2D3,3D;2*3D. The Morgan fingerprint density at radius 2 is 0.447 bits per heavy atom. The molecular weight excluding hydrogens is 1240 g/mol. The van der Waals surface area contributed by atoms with E-state index in [-0.39, 0.29) is 104 Å². The molecule has 14 aromatic heterocycles. The molecule has 7 N–H and O–H groups in total. The maximum atomic E-state index is 11.8. The van der Waals surface area contributed by atoms with E-state index in [1.807, 2.05) is 19.9 Å². The zero-order valence-electron chi connectivity index (χ0n) is 72.1. The molecule has 14 rings (SSSR count).